The average molecular weight is 254 g/mol. The van der Waals surface area contributed by atoms with E-state index in [-0.39, 0.29) is 5.91 Å². The van der Waals surface area contributed by atoms with Crippen LogP contribution in [0.2, 0.25) is 0 Å². The molecule has 0 aromatic carbocycles. The highest BCUT2D eigenvalue weighted by Crippen LogP contribution is 2.18. The van der Waals surface area contributed by atoms with E-state index in [1.165, 1.54) is 6.92 Å². The second-order valence-corrected chi connectivity index (χ2v) is 3.93. The molecule has 0 unspecified atom stereocenters. The maximum Gasteiger partial charge on any atom is 0.229 e. The first-order chi connectivity index (χ1) is 6.59. The molecule has 0 saturated heterocycles. The largest absolute Gasteiger partial charge is 0.274 e. The van der Waals surface area contributed by atoms with Crippen molar-refractivity contribution in [2.45, 2.75) is 13.8 Å². The summed E-state index contributed by atoms with van der Waals surface area (Å²) in [7, 11) is 0. The van der Waals surface area contributed by atoms with Gasteiger partial charge in [0.05, 0.1) is 5.52 Å². The number of aromatic nitrogens is 3. The van der Waals surface area contributed by atoms with Gasteiger partial charge >= 0.3 is 0 Å². The van der Waals surface area contributed by atoms with Crippen molar-refractivity contribution >= 4 is 33.0 Å². The molecule has 0 aliphatic carbocycles. The van der Waals surface area contributed by atoms with Crippen LogP contribution in [0.1, 0.15) is 17.5 Å². The molecule has 0 fully saturated rings. The predicted molar refractivity (Wildman–Crippen MR) is 56.3 cm³/mol. The van der Waals surface area contributed by atoms with Gasteiger partial charge in [0.15, 0.2) is 5.65 Å². The van der Waals surface area contributed by atoms with Crippen LogP contribution in [-0.4, -0.2) is 20.4 Å². The van der Waals surface area contributed by atoms with E-state index in [0.29, 0.717) is 11.5 Å². The number of imidazole rings is 1. The molecule has 0 atom stereocenters. The van der Waals surface area contributed by atoms with Crippen LogP contribution < -0.4 is 0 Å². The molecule has 14 heavy (non-hydrogen) atoms. The van der Waals surface area contributed by atoms with Crippen molar-refractivity contribution < 1.29 is 4.79 Å². The quantitative estimate of drug-likeness (QED) is 0.723. The van der Waals surface area contributed by atoms with E-state index >= 15 is 0 Å². The number of carbonyl (C=O) groups excluding carboxylic acids is 1. The van der Waals surface area contributed by atoms with E-state index < -0.39 is 0 Å². The van der Waals surface area contributed by atoms with Crippen LogP contribution in [0.4, 0.5) is 0 Å². The molecule has 0 bridgehead atoms. The highest BCUT2D eigenvalue weighted by Gasteiger charge is 2.11. The minimum Gasteiger partial charge on any atom is -0.274 e. The summed E-state index contributed by atoms with van der Waals surface area (Å²) in [6, 6.07) is 1.84. The molecule has 4 nitrogen and oxygen atoms in total. The van der Waals surface area contributed by atoms with Crippen molar-refractivity contribution in [2.75, 3.05) is 0 Å². The standard InChI is InChI=1S/C9H8BrN3O/c1-5-12-9-8(13(5)6(2)14)3-7(10)4-11-9/h3-4H,1-2H3. The van der Waals surface area contributed by atoms with Crippen LogP contribution in [0.5, 0.6) is 0 Å². The van der Waals surface area contributed by atoms with Gasteiger partial charge in [0.2, 0.25) is 5.91 Å². The minimum atomic E-state index is -0.0510. The lowest BCUT2D eigenvalue weighted by molar-refractivity contribution is 0.0939. The summed E-state index contributed by atoms with van der Waals surface area (Å²) in [5.74, 6) is 0.614. The Bertz CT molecular complexity index is 518. The van der Waals surface area contributed by atoms with Crippen LogP contribution in [0.25, 0.3) is 11.2 Å². The maximum atomic E-state index is 11.3. The summed E-state index contributed by atoms with van der Waals surface area (Å²) in [5.41, 5.74) is 1.34. The third-order valence-electron chi connectivity index (χ3n) is 1.96. The zero-order valence-corrected chi connectivity index (χ0v) is 9.37. The van der Waals surface area contributed by atoms with Gasteiger partial charge in [-0.1, -0.05) is 0 Å². The van der Waals surface area contributed by atoms with Gasteiger partial charge in [0.1, 0.15) is 5.82 Å². The summed E-state index contributed by atoms with van der Waals surface area (Å²) < 4.78 is 2.39. The molecule has 0 N–H and O–H groups in total. The van der Waals surface area contributed by atoms with Crippen LogP contribution >= 0.6 is 15.9 Å². The maximum absolute atomic E-state index is 11.3. The normalized spacial score (nSPS) is 10.8. The van der Waals surface area contributed by atoms with Gasteiger partial charge in [0.25, 0.3) is 0 Å². The highest BCUT2D eigenvalue weighted by molar-refractivity contribution is 9.10. The first kappa shape index (κ1) is 9.33. The van der Waals surface area contributed by atoms with E-state index in [4.69, 9.17) is 0 Å². The fourth-order valence-electron chi connectivity index (χ4n) is 1.45. The average Bonchev–Trinajstić information content (AvgIpc) is 2.40. The Labute approximate surface area is 89.1 Å². The Morgan fingerprint density at radius 3 is 2.93 bits per heavy atom. The Morgan fingerprint density at radius 2 is 2.29 bits per heavy atom. The molecule has 0 saturated carbocycles. The fourth-order valence-corrected chi connectivity index (χ4v) is 1.77. The molecule has 0 spiro atoms. The lowest BCUT2D eigenvalue weighted by atomic mass is 10.4. The molecule has 2 rings (SSSR count). The van der Waals surface area contributed by atoms with Crippen molar-refractivity contribution in [3.05, 3.63) is 22.6 Å². The number of nitrogens with zero attached hydrogens (tertiary/aromatic N) is 3. The number of hydrogen-bond acceptors (Lipinski definition) is 3. The second-order valence-electron chi connectivity index (χ2n) is 3.01. The zero-order chi connectivity index (χ0) is 10.3. The van der Waals surface area contributed by atoms with Gasteiger partial charge in [-0.2, -0.15) is 0 Å². The van der Waals surface area contributed by atoms with E-state index in [1.54, 1.807) is 17.7 Å². The molecule has 2 heterocycles. The number of halogens is 1. The lowest BCUT2D eigenvalue weighted by Crippen LogP contribution is -2.07. The molecule has 0 aliphatic rings. The molecule has 2 aromatic rings. The third kappa shape index (κ3) is 1.33. The van der Waals surface area contributed by atoms with Crippen LogP contribution in [0, 0.1) is 6.92 Å². The van der Waals surface area contributed by atoms with E-state index in [9.17, 15) is 4.79 Å². The van der Waals surface area contributed by atoms with E-state index in [2.05, 4.69) is 25.9 Å². The molecule has 0 radical (unpaired) electrons. The van der Waals surface area contributed by atoms with Crippen molar-refractivity contribution in [3.8, 4) is 0 Å². The topological polar surface area (TPSA) is 47.8 Å². The molecular formula is C9H8BrN3O. The summed E-state index contributed by atoms with van der Waals surface area (Å²) in [4.78, 5) is 19.6. The van der Waals surface area contributed by atoms with Gasteiger partial charge in [-0.15, -0.1) is 0 Å². The molecule has 72 valence electrons. The fraction of sp³-hybridized carbons (Fsp3) is 0.222. The minimum absolute atomic E-state index is 0.0510. The monoisotopic (exact) mass is 253 g/mol. The lowest BCUT2D eigenvalue weighted by Gasteiger charge is -1.99. The summed E-state index contributed by atoms with van der Waals surface area (Å²) in [5, 5.41) is 0. The first-order valence-electron chi connectivity index (χ1n) is 4.11. The smallest absolute Gasteiger partial charge is 0.229 e. The van der Waals surface area contributed by atoms with Crippen LogP contribution in [0.3, 0.4) is 0 Å². The number of carbonyl (C=O) groups is 1. The molecule has 5 heteroatoms. The number of hydrogen-bond donors (Lipinski definition) is 0. The highest BCUT2D eigenvalue weighted by atomic mass is 79.9. The van der Waals surface area contributed by atoms with Gasteiger partial charge in [-0.25, -0.2) is 9.97 Å². The molecular weight excluding hydrogens is 246 g/mol. The van der Waals surface area contributed by atoms with E-state index in [1.807, 2.05) is 6.07 Å². The predicted octanol–water partition coefficient (Wildman–Crippen LogP) is 2.16. The second kappa shape index (κ2) is 3.16. The Hall–Kier alpha value is -1.23. The molecule has 0 aliphatic heterocycles. The zero-order valence-electron chi connectivity index (χ0n) is 7.78. The summed E-state index contributed by atoms with van der Waals surface area (Å²) in [6.45, 7) is 3.30. The van der Waals surface area contributed by atoms with Gasteiger partial charge in [-0.05, 0) is 28.9 Å². The van der Waals surface area contributed by atoms with Crippen molar-refractivity contribution in [3.63, 3.8) is 0 Å². The van der Waals surface area contributed by atoms with Crippen molar-refractivity contribution in [2.24, 2.45) is 0 Å². The SMILES string of the molecule is CC(=O)n1c(C)nc2ncc(Br)cc21. The number of fused-ring (bicyclic) bond motifs is 1. The Kier molecular flexibility index (Phi) is 2.11. The first-order valence-corrected chi connectivity index (χ1v) is 4.90. The van der Waals surface area contributed by atoms with Crippen molar-refractivity contribution in [1.82, 2.24) is 14.5 Å². The van der Waals surface area contributed by atoms with Crippen LogP contribution in [0.15, 0.2) is 16.7 Å². The number of pyridine rings is 1. The van der Waals surface area contributed by atoms with Gasteiger partial charge in [-0.3, -0.25) is 9.36 Å². The summed E-state index contributed by atoms with van der Waals surface area (Å²) >= 11 is 3.31. The number of aryl methyl sites for hydroxylation is 1. The Balaban J connectivity index is 2.86. The Morgan fingerprint density at radius 1 is 1.57 bits per heavy atom. The van der Waals surface area contributed by atoms with Crippen LogP contribution in [-0.2, 0) is 0 Å². The van der Waals surface area contributed by atoms with E-state index in [0.717, 1.165) is 9.99 Å². The van der Waals surface area contributed by atoms with Gasteiger partial charge in [0, 0.05) is 17.6 Å². The van der Waals surface area contributed by atoms with Gasteiger partial charge < -0.3 is 0 Å². The summed E-state index contributed by atoms with van der Waals surface area (Å²) in [6.07, 6.45) is 1.67. The molecule has 0 amide bonds. The van der Waals surface area contributed by atoms with Crippen molar-refractivity contribution in [1.29, 1.82) is 0 Å². The third-order valence-corrected chi connectivity index (χ3v) is 2.39. The molecule has 2 aromatic heterocycles. The number of rotatable bonds is 0.